The molecule has 116 valence electrons. The highest BCUT2D eigenvalue weighted by atomic mass is 16.3. The van der Waals surface area contributed by atoms with E-state index in [4.69, 9.17) is 0 Å². The molecular formula is C16H15N5O2. The molecule has 0 bridgehead atoms. The van der Waals surface area contributed by atoms with E-state index in [-0.39, 0.29) is 11.4 Å². The maximum absolute atomic E-state index is 12.4. The van der Waals surface area contributed by atoms with Crippen LogP contribution in [-0.2, 0) is 0 Å². The summed E-state index contributed by atoms with van der Waals surface area (Å²) in [7, 11) is 0. The van der Waals surface area contributed by atoms with Crippen molar-refractivity contribution in [2.75, 3.05) is 0 Å². The van der Waals surface area contributed by atoms with Crippen molar-refractivity contribution in [3.63, 3.8) is 0 Å². The molecule has 3 aromatic rings. The maximum Gasteiger partial charge on any atom is 0.274 e. The quantitative estimate of drug-likeness (QED) is 0.681. The summed E-state index contributed by atoms with van der Waals surface area (Å²) in [5.74, 6) is 0.413. The Bertz CT molecular complexity index is 816. The first-order valence-corrected chi connectivity index (χ1v) is 7.04. The minimum Gasteiger partial charge on any atom is -0.505 e. The van der Waals surface area contributed by atoms with Crippen molar-refractivity contribution in [2.24, 2.45) is 0 Å². The number of benzene rings is 1. The van der Waals surface area contributed by atoms with E-state index in [1.165, 1.54) is 12.3 Å². The fourth-order valence-electron chi connectivity index (χ4n) is 2.20. The Kier molecular flexibility index (Phi) is 4.01. The fraction of sp³-hybridized carbons (Fsp3) is 0.125. The second kappa shape index (κ2) is 6.27. The number of aromatic hydroxyl groups is 1. The summed E-state index contributed by atoms with van der Waals surface area (Å²) in [5.41, 5.74) is 0.788. The molecule has 1 aromatic carbocycles. The number of H-pyrrole nitrogens is 1. The van der Waals surface area contributed by atoms with Gasteiger partial charge in [-0.3, -0.25) is 9.89 Å². The minimum atomic E-state index is -0.546. The van der Waals surface area contributed by atoms with Crippen LogP contribution in [0.2, 0.25) is 0 Å². The lowest BCUT2D eigenvalue weighted by molar-refractivity contribution is 0.0933. The molecule has 7 heteroatoms. The normalized spacial score (nSPS) is 11.9. The number of amides is 1. The first kappa shape index (κ1) is 14.7. The number of carbonyl (C=O) groups is 1. The van der Waals surface area contributed by atoms with E-state index in [1.807, 2.05) is 30.3 Å². The molecule has 1 amide bonds. The van der Waals surface area contributed by atoms with Gasteiger partial charge in [-0.15, -0.1) is 0 Å². The summed E-state index contributed by atoms with van der Waals surface area (Å²) in [5, 5.41) is 19.5. The zero-order valence-corrected chi connectivity index (χ0v) is 12.4. The van der Waals surface area contributed by atoms with Crippen molar-refractivity contribution >= 4 is 5.91 Å². The molecular weight excluding hydrogens is 294 g/mol. The van der Waals surface area contributed by atoms with Gasteiger partial charge in [0.05, 0.1) is 0 Å². The zero-order chi connectivity index (χ0) is 16.2. The van der Waals surface area contributed by atoms with Gasteiger partial charge in [-0.1, -0.05) is 30.3 Å². The lowest BCUT2D eigenvalue weighted by atomic mass is 10.1. The highest BCUT2D eigenvalue weighted by Gasteiger charge is 2.23. The van der Waals surface area contributed by atoms with Gasteiger partial charge in [0.15, 0.2) is 11.5 Å². The van der Waals surface area contributed by atoms with Crippen LogP contribution in [-0.4, -0.2) is 31.2 Å². The van der Waals surface area contributed by atoms with Crippen LogP contribution in [0.1, 0.15) is 33.7 Å². The second-order valence-electron chi connectivity index (χ2n) is 4.97. The highest BCUT2D eigenvalue weighted by molar-refractivity contribution is 5.95. The molecule has 0 saturated heterocycles. The summed E-state index contributed by atoms with van der Waals surface area (Å²) in [4.78, 5) is 20.6. The molecule has 23 heavy (non-hydrogen) atoms. The van der Waals surface area contributed by atoms with Crippen molar-refractivity contribution in [1.82, 2.24) is 25.5 Å². The lowest BCUT2D eigenvalue weighted by Crippen LogP contribution is -2.30. The molecule has 0 fully saturated rings. The standard InChI is InChI=1S/C16H15N5O2/c1-10-18-15(21-20-10)13(11-6-3-2-4-7-11)19-16(23)14-12(22)8-5-9-17-14/h2-9,13,22H,1H3,(H,19,23)(H,18,20,21). The molecule has 0 aliphatic carbocycles. The molecule has 7 nitrogen and oxygen atoms in total. The van der Waals surface area contributed by atoms with Crippen LogP contribution >= 0.6 is 0 Å². The molecule has 2 aromatic heterocycles. The van der Waals surface area contributed by atoms with Crippen LogP contribution in [0.15, 0.2) is 48.7 Å². The number of aryl methyl sites for hydroxylation is 1. The Balaban J connectivity index is 1.94. The number of nitrogens with one attached hydrogen (secondary N) is 2. The van der Waals surface area contributed by atoms with Gasteiger partial charge in [0.2, 0.25) is 0 Å². The topological polar surface area (TPSA) is 104 Å². The third kappa shape index (κ3) is 3.18. The first-order valence-electron chi connectivity index (χ1n) is 7.04. The minimum absolute atomic E-state index is 0.0410. The largest absolute Gasteiger partial charge is 0.505 e. The van der Waals surface area contributed by atoms with E-state index in [0.29, 0.717) is 11.6 Å². The van der Waals surface area contributed by atoms with E-state index in [2.05, 4.69) is 25.5 Å². The zero-order valence-electron chi connectivity index (χ0n) is 12.4. The van der Waals surface area contributed by atoms with Crippen LogP contribution in [0.25, 0.3) is 0 Å². The Hall–Kier alpha value is -3.22. The van der Waals surface area contributed by atoms with Crippen molar-refractivity contribution in [3.05, 3.63) is 71.6 Å². The number of hydrogen-bond acceptors (Lipinski definition) is 5. The molecule has 1 atom stereocenters. The van der Waals surface area contributed by atoms with Gasteiger partial charge in [0.1, 0.15) is 17.6 Å². The van der Waals surface area contributed by atoms with Gasteiger partial charge >= 0.3 is 0 Å². The van der Waals surface area contributed by atoms with Gasteiger partial charge in [-0.25, -0.2) is 9.97 Å². The predicted molar refractivity (Wildman–Crippen MR) is 82.8 cm³/mol. The average molecular weight is 309 g/mol. The molecule has 1 unspecified atom stereocenters. The van der Waals surface area contributed by atoms with Gasteiger partial charge in [-0.2, -0.15) is 5.10 Å². The monoisotopic (exact) mass is 309 g/mol. The molecule has 0 saturated carbocycles. The Labute approximate surface area is 132 Å². The molecule has 2 heterocycles. The van der Waals surface area contributed by atoms with E-state index in [0.717, 1.165) is 5.56 Å². The summed E-state index contributed by atoms with van der Waals surface area (Å²) in [6.45, 7) is 1.78. The number of carbonyl (C=O) groups excluding carboxylic acids is 1. The summed E-state index contributed by atoms with van der Waals surface area (Å²) in [6, 6.07) is 11.8. The average Bonchev–Trinajstić information content (AvgIpc) is 3.00. The van der Waals surface area contributed by atoms with Crippen LogP contribution < -0.4 is 5.32 Å². The molecule has 0 aliphatic heterocycles. The van der Waals surface area contributed by atoms with Crippen molar-refractivity contribution < 1.29 is 9.90 Å². The lowest BCUT2D eigenvalue weighted by Gasteiger charge is -2.16. The number of nitrogens with zero attached hydrogens (tertiary/aromatic N) is 3. The summed E-state index contributed by atoms with van der Waals surface area (Å²) in [6.07, 6.45) is 1.45. The van der Waals surface area contributed by atoms with Gasteiger partial charge in [0, 0.05) is 6.20 Å². The van der Waals surface area contributed by atoms with Crippen LogP contribution in [0.3, 0.4) is 0 Å². The summed E-state index contributed by atoms with van der Waals surface area (Å²) < 4.78 is 0. The Morgan fingerprint density at radius 2 is 2.00 bits per heavy atom. The number of rotatable bonds is 4. The highest BCUT2D eigenvalue weighted by Crippen LogP contribution is 2.21. The SMILES string of the molecule is Cc1nc(C(NC(=O)c2ncccc2O)c2ccccc2)n[nH]1. The van der Waals surface area contributed by atoms with Crippen molar-refractivity contribution in [1.29, 1.82) is 0 Å². The molecule has 0 aliphatic rings. The molecule has 3 rings (SSSR count). The van der Waals surface area contributed by atoms with Crippen LogP contribution in [0.4, 0.5) is 0 Å². The van der Waals surface area contributed by atoms with Crippen LogP contribution in [0.5, 0.6) is 5.75 Å². The Morgan fingerprint density at radius 3 is 2.65 bits per heavy atom. The van der Waals surface area contributed by atoms with Gasteiger partial charge in [0.25, 0.3) is 5.91 Å². The number of hydrogen-bond donors (Lipinski definition) is 3. The van der Waals surface area contributed by atoms with E-state index >= 15 is 0 Å². The number of aromatic amines is 1. The molecule has 0 spiro atoms. The number of aromatic nitrogens is 4. The Morgan fingerprint density at radius 1 is 1.22 bits per heavy atom. The fourth-order valence-corrected chi connectivity index (χ4v) is 2.20. The van der Waals surface area contributed by atoms with Gasteiger partial charge in [-0.05, 0) is 24.6 Å². The second-order valence-corrected chi connectivity index (χ2v) is 4.97. The van der Waals surface area contributed by atoms with Crippen molar-refractivity contribution in [3.8, 4) is 5.75 Å². The smallest absolute Gasteiger partial charge is 0.274 e. The molecule has 3 N–H and O–H groups in total. The molecule has 0 radical (unpaired) electrons. The maximum atomic E-state index is 12.4. The van der Waals surface area contributed by atoms with E-state index in [9.17, 15) is 9.90 Å². The number of pyridine rings is 1. The van der Waals surface area contributed by atoms with Crippen molar-refractivity contribution in [2.45, 2.75) is 13.0 Å². The van der Waals surface area contributed by atoms with E-state index in [1.54, 1.807) is 13.0 Å². The van der Waals surface area contributed by atoms with Gasteiger partial charge < -0.3 is 10.4 Å². The van der Waals surface area contributed by atoms with E-state index < -0.39 is 11.9 Å². The first-order chi connectivity index (χ1) is 11.1. The third-order valence-corrected chi connectivity index (χ3v) is 3.28. The van der Waals surface area contributed by atoms with Crippen LogP contribution in [0, 0.1) is 6.92 Å². The predicted octanol–water partition coefficient (Wildman–Crippen LogP) is 1.73. The third-order valence-electron chi connectivity index (χ3n) is 3.28. The summed E-state index contributed by atoms with van der Waals surface area (Å²) >= 11 is 0.